The van der Waals surface area contributed by atoms with Crippen LogP contribution >= 0.6 is 28.3 Å². The van der Waals surface area contributed by atoms with E-state index >= 15 is 0 Å². The average Bonchev–Trinajstić information content (AvgIpc) is 2.55. The first-order chi connectivity index (χ1) is 11.0. The Bertz CT molecular complexity index is 819. The number of piperazine rings is 1. The molecule has 0 spiro atoms. The molecular weight excluding hydrogens is 419 g/mol. The van der Waals surface area contributed by atoms with Gasteiger partial charge in [0, 0.05) is 24.1 Å². The number of halogens is 3. The Hall–Kier alpha value is -0.990. The van der Waals surface area contributed by atoms with Crippen LogP contribution in [0.1, 0.15) is 11.6 Å². The second kappa shape index (κ2) is 7.93. The quantitative estimate of drug-likeness (QED) is 0.804. The van der Waals surface area contributed by atoms with Gasteiger partial charge in [-0.2, -0.15) is 4.31 Å². The van der Waals surface area contributed by atoms with Crippen LogP contribution in [0.4, 0.5) is 4.39 Å². The molecule has 1 fully saturated rings. The van der Waals surface area contributed by atoms with Crippen molar-refractivity contribution in [3.8, 4) is 0 Å². The molecule has 24 heavy (non-hydrogen) atoms. The Morgan fingerprint density at radius 3 is 2.62 bits per heavy atom. The summed E-state index contributed by atoms with van der Waals surface area (Å²) in [5.74, 6) is -0.369. The highest BCUT2D eigenvalue weighted by Crippen LogP contribution is 2.32. The number of hydrogen-bond donors (Lipinski definition) is 1. The third-order valence-electron chi connectivity index (χ3n) is 3.85. The minimum Gasteiger partial charge on any atom is -0.313 e. The van der Waals surface area contributed by atoms with Crippen LogP contribution in [0, 0.1) is 5.82 Å². The molecule has 0 aliphatic carbocycles. The lowest BCUT2D eigenvalue weighted by Gasteiger charge is -2.35. The van der Waals surface area contributed by atoms with E-state index in [1.54, 1.807) is 36.4 Å². The minimum atomic E-state index is -3.68. The number of hydrogen-bond acceptors (Lipinski definition) is 3. The Labute approximate surface area is 155 Å². The summed E-state index contributed by atoms with van der Waals surface area (Å²) >= 11 is 3.31. The van der Waals surface area contributed by atoms with Gasteiger partial charge in [-0.3, -0.25) is 0 Å². The Kier molecular flexibility index (Phi) is 6.39. The number of nitrogens with zero attached hydrogens (tertiary/aromatic N) is 1. The third-order valence-corrected chi connectivity index (χ3v) is 6.77. The number of rotatable bonds is 3. The van der Waals surface area contributed by atoms with Crippen molar-refractivity contribution in [2.75, 3.05) is 19.6 Å². The van der Waals surface area contributed by atoms with Crippen LogP contribution in [0.5, 0.6) is 0 Å². The summed E-state index contributed by atoms with van der Waals surface area (Å²) in [6, 6.07) is 12.4. The van der Waals surface area contributed by atoms with Crippen molar-refractivity contribution in [2.24, 2.45) is 0 Å². The van der Waals surface area contributed by atoms with Gasteiger partial charge < -0.3 is 5.32 Å². The van der Waals surface area contributed by atoms with Gasteiger partial charge in [-0.25, -0.2) is 12.8 Å². The molecule has 0 aromatic heterocycles. The lowest BCUT2D eigenvalue weighted by Crippen LogP contribution is -2.48. The van der Waals surface area contributed by atoms with E-state index < -0.39 is 16.1 Å². The smallest absolute Gasteiger partial charge is 0.244 e. The molecule has 0 saturated carbocycles. The summed E-state index contributed by atoms with van der Waals surface area (Å²) in [5.41, 5.74) is 0.646. The highest BCUT2D eigenvalue weighted by molar-refractivity contribution is 9.10. The normalized spacial score (nSPS) is 18.8. The van der Waals surface area contributed by atoms with Gasteiger partial charge in [0.25, 0.3) is 0 Å². The van der Waals surface area contributed by atoms with E-state index in [-0.39, 0.29) is 23.1 Å². The molecule has 2 aromatic rings. The van der Waals surface area contributed by atoms with E-state index in [1.807, 2.05) is 0 Å². The van der Waals surface area contributed by atoms with Crippen molar-refractivity contribution in [2.45, 2.75) is 10.9 Å². The van der Waals surface area contributed by atoms with E-state index in [4.69, 9.17) is 0 Å². The van der Waals surface area contributed by atoms with Gasteiger partial charge in [0.2, 0.25) is 10.0 Å². The monoisotopic (exact) mass is 434 g/mol. The predicted molar refractivity (Wildman–Crippen MR) is 97.3 cm³/mol. The molecular formula is C16H17BrClFN2O2S. The SMILES string of the molecule is Cl.O=S(=O)(c1ccccc1Br)N1CCNCC1c1cccc(F)c1. The van der Waals surface area contributed by atoms with E-state index in [0.29, 0.717) is 29.7 Å². The van der Waals surface area contributed by atoms with Crippen LogP contribution in [0.2, 0.25) is 0 Å². The molecule has 1 heterocycles. The minimum absolute atomic E-state index is 0. The number of benzene rings is 2. The molecule has 0 amide bonds. The van der Waals surface area contributed by atoms with Crippen LogP contribution < -0.4 is 5.32 Å². The summed E-state index contributed by atoms with van der Waals surface area (Å²) < 4.78 is 41.6. The number of nitrogens with one attached hydrogen (secondary N) is 1. The summed E-state index contributed by atoms with van der Waals surface area (Å²) in [7, 11) is -3.68. The molecule has 4 nitrogen and oxygen atoms in total. The van der Waals surface area contributed by atoms with Crippen molar-refractivity contribution in [3.05, 3.63) is 64.4 Å². The first kappa shape index (κ1) is 19.3. The lowest BCUT2D eigenvalue weighted by molar-refractivity contribution is 0.271. The molecule has 3 rings (SSSR count). The van der Waals surface area contributed by atoms with E-state index in [2.05, 4.69) is 21.2 Å². The highest BCUT2D eigenvalue weighted by Gasteiger charge is 2.35. The van der Waals surface area contributed by atoms with Crippen LogP contribution in [0.15, 0.2) is 57.9 Å². The van der Waals surface area contributed by atoms with Gasteiger partial charge in [-0.15, -0.1) is 12.4 Å². The molecule has 8 heteroatoms. The molecule has 0 radical (unpaired) electrons. The highest BCUT2D eigenvalue weighted by atomic mass is 79.9. The molecule has 1 unspecified atom stereocenters. The van der Waals surface area contributed by atoms with Crippen LogP contribution in [-0.2, 0) is 10.0 Å². The zero-order chi connectivity index (χ0) is 16.4. The topological polar surface area (TPSA) is 49.4 Å². The fourth-order valence-corrected chi connectivity index (χ4v) is 5.33. The van der Waals surface area contributed by atoms with Crippen molar-refractivity contribution in [3.63, 3.8) is 0 Å². The van der Waals surface area contributed by atoms with Crippen LogP contribution in [0.25, 0.3) is 0 Å². The second-order valence-electron chi connectivity index (χ2n) is 5.32. The molecule has 1 N–H and O–H groups in total. The van der Waals surface area contributed by atoms with Crippen LogP contribution in [-0.4, -0.2) is 32.4 Å². The van der Waals surface area contributed by atoms with Gasteiger partial charge in [0.15, 0.2) is 0 Å². The summed E-state index contributed by atoms with van der Waals surface area (Å²) in [6.45, 7) is 1.35. The Balaban J connectivity index is 0.00000208. The van der Waals surface area contributed by atoms with Crippen molar-refractivity contribution >= 4 is 38.4 Å². The van der Waals surface area contributed by atoms with Gasteiger partial charge in [-0.05, 0) is 45.8 Å². The maximum atomic E-state index is 13.5. The largest absolute Gasteiger partial charge is 0.313 e. The van der Waals surface area contributed by atoms with Crippen LogP contribution in [0.3, 0.4) is 0 Å². The summed E-state index contributed by atoms with van der Waals surface area (Å²) in [4.78, 5) is 0.225. The lowest BCUT2D eigenvalue weighted by atomic mass is 10.1. The van der Waals surface area contributed by atoms with E-state index in [0.717, 1.165) is 0 Å². The van der Waals surface area contributed by atoms with Gasteiger partial charge in [0.1, 0.15) is 5.82 Å². The Morgan fingerprint density at radius 2 is 1.92 bits per heavy atom. The first-order valence-electron chi connectivity index (χ1n) is 7.23. The molecule has 0 bridgehead atoms. The zero-order valence-corrected chi connectivity index (χ0v) is 15.9. The molecule has 1 atom stereocenters. The van der Waals surface area contributed by atoms with Gasteiger partial charge in [-0.1, -0.05) is 24.3 Å². The van der Waals surface area contributed by atoms with Crippen molar-refractivity contribution < 1.29 is 12.8 Å². The fourth-order valence-electron chi connectivity index (χ4n) is 2.75. The predicted octanol–water partition coefficient (Wildman–Crippen LogP) is 3.35. The maximum absolute atomic E-state index is 13.5. The molecule has 2 aromatic carbocycles. The summed E-state index contributed by atoms with van der Waals surface area (Å²) in [6.07, 6.45) is 0. The first-order valence-corrected chi connectivity index (χ1v) is 9.46. The van der Waals surface area contributed by atoms with Crippen molar-refractivity contribution in [1.82, 2.24) is 9.62 Å². The average molecular weight is 436 g/mol. The van der Waals surface area contributed by atoms with E-state index in [9.17, 15) is 12.8 Å². The second-order valence-corrected chi connectivity index (χ2v) is 8.03. The van der Waals surface area contributed by atoms with Gasteiger partial charge >= 0.3 is 0 Å². The maximum Gasteiger partial charge on any atom is 0.244 e. The zero-order valence-electron chi connectivity index (χ0n) is 12.7. The van der Waals surface area contributed by atoms with Gasteiger partial charge in [0.05, 0.1) is 10.9 Å². The van der Waals surface area contributed by atoms with Crippen molar-refractivity contribution in [1.29, 1.82) is 0 Å². The number of sulfonamides is 1. The fraction of sp³-hybridized carbons (Fsp3) is 0.250. The molecule has 1 aliphatic rings. The molecule has 1 saturated heterocycles. The standard InChI is InChI=1S/C16H16BrFN2O2S.ClH/c17-14-6-1-2-7-16(14)23(21,22)20-9-8-19-11-15(20)12-4-3-5-13(18)10-12;/h1-7,10,15,19H,8-9,11H2;1H. The van der Waals surface area contributed by atoms with E-state index in [1.165, 1.54) is 16.4 Å². The Morgan fingerprint density at radius 1 is 1.17 bits per heavy atom. The molecule has 1 aliphatic heterocycles. The summed E-state index contributed by atoms with van der Waals surface area (Å²) in [5, 5.41) is 3.18. The third kappa shape index (κ3) is 3.81. The molecule has 130 valence electrons.